The molecule has 1 aromatic heterocycles. The van der Waals surface area contributed by atoms with Crippen molar-refractivity contribution in [3.05, 3.63) is 11.6 Å². The first-order valence-electron chi connectivity index (χ1n) is 6.76. The van der Waals surface area contributed by atoms with E-state index in [2.05, 4.69) is 10.2 Å². The highest BCUT2D eigenvalue weighted by atomic mass is 16.2. The van der Waals surface area contributed by atoms with E-state index in [0.717, 1.165) is 18.1 Å². The highest BCUT2D eigenvalue weighted by Gasteiger charge is 2.27. The Bertz CT molecular complexity index is 512. The van der Waals surface area contributed by atoms with E-state index in [1.165, 1.54) is 0 Å². The van der Waals surface area contributed by atoms with Gasteiger partial charge in [0.1, 0.15) is 5.82 Å². The molecule has 1 aromatic rings. The molecule has 0 unspecified atom stereocenters. The number of rotatable bonds is 5. The van der Waals surface area contributed by atoms with Crippen LogP contribution in [0.15, 0.2) is 0 Å². The lowest BCUT2D eigenvalue weighted by molar-refractivity contribution is -0.134. The van der Waals surface area contributed by atoms with Crippen LogP contribution >= 0.6 is 0 Å². The van der Waals surface area contributed by atoms with Crippen molar-refractivity contribution in [2.45, 2.75) is 45.3 Å². The summed E-state index contributed by atoms with van der Waals surface area (Å²) in [5, 5.41) is 8.19. The molecule has 8 nitrogen and oxygen atoms in total. The van der Waals surface area contributed by atoms with E-state index < -0.39 is 11.9 Å². The number of fused-ring (bicyclic) bond motifs is 1. The molecule has 4 N–H and O–H groups in total. The zero-order valence-electron chi connectivity index (χ0n) is 11.6. The standard InChI is InChI=1S/C12H20N6O2/c1-2-10-15-16-11-7-17(5-6-18(10)11)12(20)8(13)3-4-9(14)19/h8H,2-7,13H2,1H3,(H2,14,19)/t8-/m0/s1. The number of carbonyl (C=O) groups is 2. The van der Waals surface area contributed by atoms with Crippen molar-refractivity contribution < 1.29 is 9.59 Å². The summed E-state index contributed by atoms with van der Waals surface area (Å²) >= 11 is 0. The van der Waals surface area contributed by atoms with Crippen LogP contribution in [-0.2, 0) is 29.1 Å². The van der Waals surface area contributed by atoms with Crippen molar-refractivity contribution in [1.29, 1.82) is 0 Å². The van der Waals surface area contributed by atoms with E-state index in [9.17, 15) is 9.59 Å². The van der Waals surface area contributed by atoms with Gasteiger partial charge in [0, 0.05) is 25.9 Å². The fourth-order valence-electron chi connectivity index (χ4n) is 2.32. The number of hydrogen-bond donors (Lipinski definition) is 2. The second-order valence-electron chi connectivity index (χ2n) is 4.91. The average Bonchev–Trinajstić information content (AvgIpc) is 2.85. The smallest absolute Gasteiger partial charge is 0.239 e. The Morgan fingerprint density at radius 2 is 2.10 bits per heavy atom. The Hall–Kier alpha value is -1.96. The topological polar surface area (TPSA) is 120 Å². The molecule has 0 saturated heterocycles. The van der Waals surface area contributed by atoms with Crippen LogP contribution in [0.3, 0.4) is 0 Å². The third kappa shape index (κ3) is 2.96. The van der Waals surface area contributed by atoms with Gasteiger partial charge in [-0.25, -0.2) is 0 Å². The second-order valence-corrected chi connectivity index (χ2v) is 4.91. The summed E-state index contributed by atoms with van der Waals surface area (Å²) in [7, 11) is 0. The largest absolute Gasteiger partial charge is 0.370 e. The molecule has 0 aliphatic carbocycles. The normalized spacial score (nSPS) is 15.8. The summed E-state index contributed by atoms with van der Waals surface area (Å²) < 4.78 is 2.04. The van der Waals surface area contributed by atoms with Crippen LogP contribution in [0.4, 0.5) is 0 Å². The Balaban J connectivity index is 1.98. The Morgan fingerprint density at radius 1 is 1.35 bits per heavy atom. The molecular weight excluding hydrogens is 260 g/mol. The lowest BCUT2D eigenvalue weighted by atomic mass is 10.1. The van der Waals surface area contributed by atoms with Crippen molar-refractivity contribution in [3.63, 3.8) is 0 Å². The third-order valence-corrected chi connectivity index (χ3v) is 3.48. The number of nitrogens with two attached hydrogens (primary N) is 2. The Kier molecular flexibility index (Phi) is 4.33. The highest BCUT2D eigenvalue weighted by Crippen LogP contribution is 2.14. The van der Waals surface area contributed by atoms with Gasteiger partial charge in [-0.3, -0.25) is 9.59 Å². The number of nitrogens with zero attached hydrogens (tertiary/aromatic N) is 4. The maximum Gasteiger partial charge on any atom is 0.239 e. The maximum atomic E-state index is 12.2. The van der Waals surface area contributed by atoms with Gasteiger partial charge >= 0.3 is 0 Å². The summed E-state index contributed by atoms with van der Waals surface area (Å²) in [6.07, 6.45) is 1.22. The number of primary amides is 1. The minimum absolute atomic E-state index is 0.122. The predicted molar refractivity (Wildman–Crippen MR) is 71.2 cm³/mol. The minimum Gasteiger partial charge on any atom is -0.370 e. The van der Waals surface area contributed by atoms with E-state index in [1.807, 2.05) is 11.5 Å². The van der Waals surface area contributed by atoms with Crippen LogP contribution in [0.5, 0.6) is 0 Å². The molecule has 1 aliphatic heterocycles. The van der Waals surface area contributed by atoms with Gasteiger partial charge in [0.15, 0.2) is 5.82 Å². The molecule has 0 bridgehead atoms. The Morgan fingerprint density at radius 3 is 2.75 bits per heavy atom. The maximum absolute atomic E-state index is 12.2. The summed E-state index contributed by atoms with van der Waals surface area (Å²) in [6, 6.07) is -0.692. The van der Waals surface area contributed by atoms with E-state index in [4.69, 9.17) is 11.5 Å². The molecule has 0 aromatic carbocycles. The van der Waals surface area contributed by atoms with Gasteiger partial charge in [0.2, 0.25) is 11.8 Å². The van der Waals surface area contributed by atoms with E-state index >= 15 is 0 Å². The summed E-state index contributed by atoms with van der Waals surface area (Å²) in [4.78, 5) is 24.6. The van der Waals surface area contributed by atoms with Crippen LogP contribution in [-0.4, -0.2) is 44.1 Å². The van der Waals surface area contributed by atoms with Gasteiger partial charge in [0.05, 0.1) is 12.6 Å². The van der Waals surface area contributed by atoms with Gasteiger partial charge in [-0.05, 0) is 6.42 Å². The molecule has 1 aliphatic rings. The van der Waals surface area contributed by atoms with Gasteiger partial charge in [-0.15, -0.1) is 10.2 Å². The number of carbonyl (C=O) groups excluding carboxylic acids is 2. The molecule has 0 spiro atoms. The first-order valence-corrected chi connectivity index (χ1v) is 6.76. The van der Waals surface area contributed by atoms with E-state index in [-0.39, 0.29) is 18.7 Å². The molecule has 2 heterocycles. The van der Waals surface area contributed by atoms with Crippen LogP contribution in [0.2, 0.25) is 0 Å². The van der Waals surface area contributed by atoms with Gasteiger partial charge in [0.25, 0.3) is 0 Å². The fraction of sp³-hybridized carbons (Fsp3) is 0.667. The first-order chi connectivity index (χ1) is 9.52. The first kappa shape index (κ1) is 14.4. The SMILES string of the molecule is CCc1nnc2n1CCN(C(=O)[C@@H](N)CCC(N)=O)C2. The molecule has 2 amide bonds. The lowest BCUT2D eigenvalue weighted by Crippen LogP contribution is -2.47. The monoisotopic (exact) mass is 280 g/mol. The van der Waals surface area contributed by atoms with Crippen LogP contribution < -0.4 is 11.5 Å². The van der Waals surface area contributed by atoms with Crippen molar-refractivity contribution in [2.24, 2.45) is 11.5 Å². The van der Waals surface area contributed by atoms with Crippen LogP contribution in [0.25, 0.3) is 0 Å². The molecule has 2 rings (SSSR count). The fourth-order valence-corrected chi connectivity index (χ4v) is 2.32. The molecule has 1 atom stereocenters. The number of amides is 2. The summed E-state index contributed by atoms with van der Waals surface area (Å²) in [5.41, 5.74) is 10.9. The zero-order valence-corrected chi connectivity index (χ0v) is 11.6. The van der Waals surface area contributed by atoms with Crippen molar-refractivity contribution in [3.8, 4) is 0 Å². The van der Waals surface area contributed by atoms with Crippen molar-refractivity contribution in [2.75, 3.05) is 6.54 Å². The molecule has 8 heteroatoms. The molecule has 0 fully saturated rings. The van der Waals surface area contributed by atoms with Crippen molar-refractivity contribution in [1.82, 2.24) is 19.7 Å². The van der Waals surface area contributed by atoms with E-state index in [1.54, 1.807) is 4.90 Å². The second kappa shape index (κ2) is 6.00. The van der Waals surface area contributed by atoms with E-state index in [0.29, 0.717) is 19.6 Å². The third-order valence-electron chi connectivity index (χ3n) is 3.48. The molecule has 0 radical (unpaired) electrons. The van der Waals surface area contributed by atoms with Crippen LogP contribution in [0.1, 0.15) is 31.4 Å². The molecule has 110 valence electrons. The van der Waals surface area contributed by atoms with Gasteiger partial charge in [-0.2, -0.15) is 0 Å². The zero-order chi connectivity index (χ0) is 14.7. The lowest BCUT2D eigenvalue weighted by Gasteiger charge is -2.29. The highest BCUT2D eigenvalue weighted by molar-refractivity contribution is 5.82. The quantitative estimate of drug-likeness (QED) is 0.700. The summed E-state index contributed by atoms with van der Waals surface area (Å²) in [5.74, 6) is 1.10. The molecule has 20 heavy (non-hydrogen) atoms. The van der Waals surface area contributed by atoms with Crippen LogP contribution in [0, 0.1) is 0 Å². The van der Waals surface area contributed by atoms with Crippen molar-refractivity contribution >= 4 is 11.8 Å². The summed E-state index contributed by atoms with van der Waals surface area (Å²) in [6.45, 7) is 3.70. The number of aryl methyl sites for hydroxylation is 1. The number of aromatic nitrogens is 3. The number of hydrogen-bond acceptors (Lipinski definition) is 5. The van der Waals surface area contributed by atoms with Gasteiger partial charge < -0.3 is 20.9 Å². The Labute approximate surface area is 117 Å². The van der Waals surface area contributed by atoms with Gasteiger partial charge in [-0.1, -0.05) is 6.92 Å². The molecular formula is C12H20N6O2. The predicted octanol–water partition coefficient (Wildman–Crippen LogP) is -1.22. The average molecular weight is 280 g/mol. The molecule has 0 saturated carbocycles. The minimum atomic E-state index is -0.692.